The molecule has 0 saturated heterocycles. The molecule has 2 rings (SSSR count). The molecule has 0 amide bonds. The molecule has 0 aromatic carbocycles. The first-order chi connectivity index (χ1) is 11.3. The number of nitrogens with zero attached hydrogens (tertiary/aromatic N) is 2. The molecule has 2 nitrogen and oxygen atoms in total. The predicted molar refractivity (Wildman–Crippen MR) is 111 cm³/mol. The Labute approximate surface area is 158 Å². The fourth-order valence-electron chi connectivity index (χ4n) is 2.62. The molecule has 0 radical (unpaired) electrons. The standard InChI is InChI=1S/C19H28N2S3/c1-8-14-13(20-21-22-7)12-17(23-14)19(6,9-2)16-11-10-15(24-16)18(3,4)5/h10-12H,8-9H2,1-7H3. The first kappa shape index (κ1) is 19.7. The van der Waals surface area contributed by atoms with Gasteiger partial charge in [0.1, 0.15) is 5.69 Å². The molecule has 24 heavy (non-hydrogen) atoms. The van der Waals surface area contributed by atoms with Crippen LogP contribution in [0.25, 0.3) is 0 Å². The van der Waals surface area contributed by atoms with Gasteiger partial charge in [-0.25, -0.2) is 0 Å². The molecular weight excluding hydrogens is 352 g/mol. The van der Waals surface area contributed by atoms with E-state index in [1.165, 1.54) is 31.5 Å². The predicted octanol–water partition coefficient (Wildman–Crippen LogP) is 7.75. The van der Waals surface area contributed by atoms with Crippen LogP contribution in [-0.2, 0) is 17.3 Å². The lowest BCUT2D eigenvalue weighted by atomic mass is 9.84. The number of thiophene rings is 2. The molecule has 2 aromatic rings. The highest BCUT2D eigenvalue weighted by atomic mass is 32.2. The Hall–Kier alpha value is -0.650. The SMILES string of the molecule is CCc1sc(C(C)(CC)c2ccc(C(C)(C)C)s2)cc1N=NSC. The van der Waals surface area contributed by atoms with Crippen LogP contribution in [0.2, 0.25) is 0 Å². The Morgan fingerprint density at radius 2 is 1.67 bits per heavy atom. The normalized spacial score (nSPS) is 15.1. The highest BCUT2D eigenvalue weighted by molar-refractivity contribution is 7.97. The molecule has 0 saturated carbocycles. The van der Waals surface area contributed by atoms with Crippen LogP contribution in [-0.4, -0.2) is 6.26 Å². The van der Waals surface area contributed by atoms with Crippen molar-refractivity contribution in [2.75, 3.05) is 6.26 Å². The van der Waals surface area contributed by atoms with Crippen LogP contribution >= 0.6 is 34.6 Å². The van der Waals surface area contributed by atoms with E-state index in [9.17, 15) is 0 Å². The molecule has 5 heteroatoms. The molecule has 2 aromatic heterocycles. The lowest BCUT2D eigenvalue weighted by Crippen LogP contribution is -2.19. The molecule has 0 aliphatic carbocycles. The topological polar surface area (TPSA) is 24.7 Å². The zero-order valence-electron chi connectivity index (χ0n) is 15.8. The zero-order valence-corrected chi connectivity index (χ0v) is 18.2. The van der Waals surface area contributed by atoms with Gasteiger partial charge in [0.15, 0.2) is 0 Å². The highest BCUT2D eigenvalue weighted by Crippen LogP contribution is 2.46. The quantitative estimate of drug-likeness (QED) is 0.371. The van der Waals surface area contributed by atoms with Crippen molar-refractivity contribution in [2.24, 2.45) is 9.63 Å². The maximum Gasteiger partial charge on any atom is 0.100 e. The van der Waals surface area contributed by atoms with E-state index >= 15 is 0 Å². The Balaban J connectivity index is 2.48. The van der Waals surface area contributed by atoms with Crippen LogP contribution in [0.1, 0.15) is 67.5 Å². The minimum absolute atomic E-state index is 0.0515. The lowest BCUT2D eigenvalue weighted by Gasteiger charge is -2.26. The fraction of sp³-hybridized carbons (Fsp3) is 0.579. The van der Waals surface area contributed by atoms with E-state index in [1.54, 1.807) is 0 Å². The summed E-state index contributed by atoms with van der Waals surface area (Å²) in [6.07, 6.45) is 4.03. The van der Waals surface area contributed by atoms with Crippen LogP contribution in [0.15, 0.2) is 27.8 Å². The van der Waals surface area contributed by atoms with Gasteiger partial charge < -0.3 is 0 Å². The highest BCUT2D eigenvalue weighted by Gasteiger charge is 2.32. The van der Waals surface area contributed by atoms with Crippen molar-refractivity contribution < 1.29 is 0 Å². The van der Waals surface area contributed by atoms with Gasteiger partial charge in [-0.15, -0.1) is 32.3 Å². The summed E-state index contributed by atoms with van der Waals surface area (Å²) < 4.78 is 4.13. The second-order valence-corrected chi connectivity index (χ2v) is 9.99. The third kappa shape index (κ3) is 3.94. The number of hydrogen-bond acceptors (Lipinski definition) is 5. The van der Waals surface area contributed by atoms with Gasteiger partial charge in [0.25, 0.3) is 0 Å². The summed E-state index contributed by atoms with van der Waals surface area (Å²) in [7, 11) is 0. The molecule has 1 atom stereocenters. The van der Waals surface area contributed by atoms with E-state index in [4.69, 9.17) is 0 Å². The first-order valence-corrected chi connectivity index (χ1v) is 11.3. The third-order valence-corrected chi connectivity index (χ3v) is 8.03. The van der Waals surface area contributed by atoms with E-state index in [1.807, 2.05) is 28.9 Å². The summed E-state index contributed by atoms with van der Waals surface area (Å²) in [5.41, 5.74) is 1.30. The molecule has 1 unspecified atom stereocenters. The molecule has 2 heterocycles. The minimum Gasteiger partial charge on any atom is -0.144 e. The van der Waals surface area contributed by atoms with Gasteiger partial charge in [0.05, 0.1) is 0 Å². The van der Waals surface area contributed by atoms with E-state index in [2.05, 4.69) is 69.4 Å². The average Bonchev–Trinajstić information content (AvgIpc) is 3.18. The van der Waals surface area contributed by atoms with E-state index in [0.29, 0.717) is 0 Å². The van der Waals surface area contributed by atoms with Crippen molar-refractivity contribution in [3.8, 4) is 0 Å². The van der Waals surface area contributed by atoms with Crippen molar-refractivity contribution in [3.63, 3.8) is 0 Å². The molecule has 0 N–H and O–H groups in total. The van der Waals surface area contributed by atoms with Gasteiger partial charge in [-0.2, -0.15) is 0 Å². The molecule has 132 valence electrons. The van der Waals surface area contributed by atoms with E-state index < -0.39 is 0 Å². The minimum atomic E-state index is 0.0515. The Bertz CT molecular complexity index is 707. The largest absolute Gasteiger partial charge is 0.144 e. The van der Waals surface area contributed by atoms with Gasteiger partial charge in [0.2, 0.25) is 0 Å². The maximum absolute atomic E-state index is 4.40. The summed E-state index contributed by atoms with van der Waals surface area (Å²) in [4.78, 5) is 5.63. The summed E-state index contributed by atoms with van der Waals surface area (Å²) in [6.45, 7) is 13.7. The number of hydrogen-bond donors (Lipinski definition) is 0. The van der Waals surface area contributed by atoms with Crippen molar-refractivity contribution >= 4 is 40.3 Å². The molecule has 0 aliphatic heterocycles. The summed E-state index contributed by atoms with van der Waals surface area (Å²) in [5, 5.41) is 4.40. The smallest absolute Gasteiger partial charge is 0.100 e. The van der Waals surface area contributed by atoms with E-state index in [-0.39, 0.29) is 10.8 Å². The van der Waals surface area contributed by atoms with Gasteiger partial charge in [-0.05, 0) is 55.3 Å². The second-order valence-electron chi connectivity index (χ2n) is 7.24. The monoisotopic (exact) mass is 380 g/mol. The summed E-state index contributed by atoms with van der Waals surface area (Å²) in [6, 6.07) is 6.88. The molecular formula is C19H28N2S3. The Morgan fingerprint density at radius 1 is 1.00 bits per heavy atom. The van der Waals surface area contributed by atoms with Crippen molar-refractivity contribution in [1.82, 2.24) is 0 Å². The molecule has 0 bridgehead atoms. The van der Waals surface area contributed by atoms with E-state index in [0.717, 1.165) is 18.5 Å². The number of rotatable bonds is 6. The Morgan fingerprint density at radius 3 is 2.17 bits per heavy atom. The van der Waals surface area contributed by atoms with Gasteiger partial charge >= 0.3 is 0 Å². The van der Waals surface area contributed by atoms with Gasteiger partial charge in [-0.3, -0.25) is 0 Å². The maximum atomic E-state index is 4.40. The lowest BCUT2D eigenvalue weighted by molar-refractivity contribution is 0.573. The second kappa shape index (κ2) is 7.71. The fourth-order valence-corrected chi connectivity index (χ4v) is 5.41. The third-order valence-electron chi connectivity index (χ3n) is 4.48. The van der Waals surface area contributed by atoms with Crippen LogP contribution in [0.5, 0.6) is 0 Å². The van der Waals surface area contributed by atoms with Crippen LogP contribution in [0, 0.1) is 0 Å². The zero-order chi connectivity index (χ0) is 18.0. The molecule has 0 aliphatic rings. The van der Waals surface area contributed by atoms with Crippen molar-refractivity contribution in [1.29, 1.82) is 0 Å². The summed E-state index contributed by atoms with van der Waals surface area (Å²) >= 11 is 5.26. The van der Waals surface area contributed by atoms with Gasteiger partial charge in [-0.1, -0.05) is 34.6 Å². The van der Waals surface area contributed by atoms with Crippen LogP contribution in [0.3, 0.4) is 0 Å². The van der Waals surface area contributed by atoms with Crippen molar-refractivity contribution in [2.45, 2.75) is 65.2 Å². The molecule has 0 fully saturated rings. The Kier molecular flexibility index (Phi) is 6.32. The van der Waals surface area contributed by atoms with Crippen molar-refractivity contribution in [3.05, 3.63) is 37.7 Å². The summed E-state index contributed by atoms with van der Waals surface area (Å²) in [5.74, 6) is 0. The number of aryl methyl sites for hydroxylation is 1. The average molecular weight is 381 g/mol. The first-order valence-electron chi connectivity index (χ1n) is 8.44. The van der Waals surface area contributed by atoms with Gasteiger partial charge in [0, 0.05) is 31.2 Å². The van der Waals surface area contributed by atoms with Crippen LogP contribution < -0.4 is 0 Å². The van der Waals surface area contributed by atoms with Crippen LogP contribution in [0.4, 0.5) is 5.69 Å². The molecule has 0 spiro atoms.